The summed E-state index contributed by atoms with van der Waals surface area (Å²) < 4.78 is 0.267. The van der Waals surface area contributed by atoms with E-state index in [-0.39, 0.29) is 10.6 Å². The van der Waals surface area contributed by atoms with E-state index in [0.717, 1.165) is 6.54 Å². The molecule has 0 spiro atoms. The molecule has 0 rings (SSSR count). The van der Waals surface area contributed by atoms with Gasteiger partial charge in [0, 0.05) is 6.08 Å². The van der Waals surface area contributed by atoms with Crippen LogP contribution in [0.5, 0.6) is 0 Å². The lowest BCUT2D eigenvalue weighted by Crippen LogP contribution is -2.40. The molecule has 0 aliphatic heterocycles. The highest BCUT2D eigenvalue weighted by Gasteiger charge is 2.16. The molecule has 0 amide bonds. The van der Waals surface area contributed by atoms with Crippen LogP contribution in [0.1, 0.15) is 13.8 Å². The van der Waals surface area contributed by atoms with Crippen LogP contribution in [0.3, 0.4) is 0 Å². The molecule has 0 bridgehead atoms. The average molecular weight is 158 g/mol. The first-order valence-electron chi connectivity index (χ1n) is 3.71. The minimum atomic E-state index is -0.292. The number of quaternary nitrogens is 1. The van der Waals surface area contributed by atoms with Crippen LogP contribution >= 0.6 is 0 Å². The fraction of sp³-hybridized carbons (Fsp3) is 0.625. The fourth-order valence-electron chi connectivity index (χ4n) is 0.475. The monoisotopic (exact) mass is 158 g/mol. The third kappa shape index (κ3) is 4.56. The van der Waals surface area contributed by atoms with Crippen molar-refractivity contribution in [2.24, 2.45) is 0 Å². The molecule has 0 fully saturated rings. The Morgan fingerprint density at radius 2 is 2.09 bits per heavy atom. The number of hydroxylamine groups is 3. The van der Waals surface area contributed by atoms with E-state index in [1.807, 2.05) is 21.0 Å². The summed E-state index contributed by atoms with van der Waals surface area (Å²) in [5.74, 6) is -0.292. The summed E-state index contributed by atoms with van der Waals surface area (Å²) in [6.07, 6.45) is 3.08. The van der Waals surface area contributed by atoms with Crippen molar-refractivity contribution in [2.45, 2.75) is 13.8 Å². The Morgan fingerprint density at radius 1 is 1.55 bits per heavy atom. The van der Waals surface area contributed by atoms with Gasteiger partial charge >= 0.3 is 5.97 Å². The number of carbonyl (C=O) groups is 1. The topological polar surface area (TPSA) is 26.3 Å². The molecule has 0 radical (unpaired) electrons. The van der Waals surface area contributed by atoms with E-state index in [9.17, 15) is 4.79 Å². The van der Waals surface area contributed by atoms with Crippen molar-refractivity contribution in [2.75, 3.05) is 20.6 Å². The maximum Gasteiger partial charge on any atom is 0.389 e. The Morgan fingerprint density at radius 3 is 2.45 bits per heavy atom. The standard InChI is InChI=1S/C8H16NO2/c1-5-7-8(10)11-9(3,4)6-2/h5,7H,6H2,1-4H3/q+1/b7-5+. The summed E-state index contributed by atoms with van der Waals surface area (Å²) >= 11 is 0. The molecule has 3 nitrogen and oxygen atoms in total. The second kappa shape index (κ2) is 4.13. The fourth-order valence-corrected chi connectivity index (χ4v) is 0.475. The Hall–Kier alpha value is -0.830. The Labute approximate surface area is 67.8 Å². The third-order valence-electron chi connectivity index (χ3n) is 1.40. The zero-order valence-corrected chi connectivity index (χ0v) is 7.63. The van der Waals surface area contributed by atoms with Crippen molar-refractivity contribution < 1.29 is 14.3 Å². The van der Waals surface area contributed by atoms with Crippen molar-refractivity contribution >= 4 is 5.97 Å². The molecular weight excluding hydrogens is 142 g/mol. The van der Waals surface area contributed by atoms with Gasteiger partial charge in [-0.05, 0) is 13.8 Å². The zero-order chi connectivity index (χ0) is 8.91. The Kier molecular flexibility index (Phi) is 3.82. The maximum atomic E-state index is 10.9. The van der Waals surface area contributed by atoms with Crippen LogP contribution in [0.25, 0.3) is 0 Å². The molecule has 0 aliphatic carbocycles. The highest BCUT2D eigenvalue weighted by atomic mass is 16.7. The molecule has 0 aromatic heterocycles. The van der Waals surface area contributed by atoms with Crippen LogP contribution in [0.15, 0.2) is 12.2 Å². The predicted octanol–water partition coefficient (Wildman–Crippen LogP) is 1.12. The SMILES string of the molecule is C/C=C/C(=O)O[N+](C)(C)CC. The first kappa shape index (κ1) is 10.2. The van der Waals surface area contributed by atoms with Gasteiger partial charge in [0.2, 0.25) is 0 Å². The number of rotatable bonds is 3. The minimum Gasteiger partial charge on any atom is -0.272 e. The summed E-state index contributed by atoms with van der Waals surface area (Å²) in [6, 6.07) is 0. The van der Waals surface area contributed by atoms with E-state index in [2.05, 4.69) is 0 Å². The lowest BCUT2D eigenvalue weighted by Gasteiger charge is -2.23. The summed E-state index contributed by atoms with van der Waals surface area (Å²) in [7, 11) is 3.67. The van der Waals surface area contributed by atoms with Crippen LogP contribution in [-0.4, -0.2) is 31.3 Å². The molecule has 0 N–H and O–H groups in total. The van der Waals surface area contributed by atoms with Gasteiger partial charge in [-0.15, -0.1) is 4.65 Å². The van der Waals surface area contributed by atoms with Crippen LogP contribution in [0, 0.1) is 0 Å². The van der Waals surface area contributed by atoms with Gasteiger partial charge in [-0.3, -0.25) is 4.84 Å². The van der Waals surface area contributed by atoms with Crippen LogP contribution < -0.4 is 0 Å². The largest absolute Gasteiger partial charge is 0.389 e. The highest BCUT2D eigenvalue weighted by Crippen LogP contribution is 1.98. The molecule has 0 aromatic rings. The quantitative estimate of drug-likeness (QED) is 0.349. The summed E-state index contributed by atoms with van der Waals surface area (Å²) in [5.41, 5.74) is 0. The molecule has 3 heteroatoms. The van der Waals surface area contributed by atoms with Gasteiger partial charge < -0.3 is 0 Å². The third-order valence-corrected chi connectivity index (χ3v) is 1.40. The summed E-state index contributed by atoms with van der Waals surface area (Å²) in [6.45, 7) is 4.51. The van der Waals surface area contributed by atoms with Crippen molar-refractivity contribution in [1.29, 1.82) is 0 Å². The lowest BCUT2D eigenvalue weighted by atomic mass is 10.5. The lowest BCUT2D eigenvalue weighted by molar-refractivity contribution is -1.06. The second-order valence-corrected chi connectivity index (χ2v) is 2.80. The average Bonchev–Trinajstić information content (AvgIpc) is 1.87. The molecule has 0 unspecified atom stereocenters. The van der Waals surface area contributed by atoms with E-state index in [0.29, 0.717) is 0 Å². The van der Waals surface area contributed by atoms with E-state index < -0.39 is 0 Å². The van der Waals surface area contributed by atoms with Gasteiger partial charge in [-0.1, -0.05) is 6.08 Å². The van der Waals surface area contributed by atoms with Crippen LogP contribution in [0.2, 0.25) is 0 Å². The highest BCUT2D eigenvalue weighted by molar-refractivity contribution is 5.81. The van der Waals surface area contributed by atoms with Gasteiger partial charge in [-0.25, -0.2) is 4.79 Å². The summed E-state index contributed by atoms with van der Waals surface area (Å²) in [5, 5.41) is 0. The van der Waals surface area contributed by atoms with E-state index in [4.69, 9.17) is 4.84 Å². The van der Waals surface area contributed by atoms with E-state index in [1.165, 1.54) is 6.08 Å². The number of carbonyl (C=O) groups excluding carboxylic acids is 1. The molecule has 0 aromatic carbocycles. The normalized spacial score (nSPS) is 12.0. The van der Waals surface area contributed by atoms with Gasteiger partial charge in [0.25, 0.3) is 0 Å². The number of hydrogen-bond acceptors (Lipinski definition) is 2. The van der Waals surface area contributed by atoms with Crippen LogP contribution in [0.4, 0.5) is 0 Å². The molecule has 0 aliphatic rings. The maximum absolute atomic E-state index is 10.9. The molecule has 64 valence electrons. The van der Waals surface area contributed by atoms with E-state index >= 15 is 0 Å². The Bertz CT molecular complexity index is 161. The first-order chi connectivity index (χ1) is 5.02. The Balaban J connectivity index is 3.93. The molecule has 0 saturated carbocycles. The van der Waals surface area contributed by atoms with Crippen LogP contribution in [-0.2, 0) is 9.63 Å². The van der Waals surface area contributed by atoms with Crippen molar-refractivity contribution in [1.82, 2.24) is 0 Å². The summed E-state index contributed by atoms with van der Waals surface area (Å²) in [4.78, 5) is 15.9. The second-order valence-electron chi connectivity index (χ2n) is 2.80. The van der Waals surface area contributed by atoms with Gasteiger partial charge in [0.15, 0.2) is 0 Å². The van der Waals surface area contributed by atoms with Crippen molar-refractivity contribution in [3.8, 4) is 0 Å². The van der Waals surface area contributed by atoms with E-state index in [1.54, 1.807) is 13.0 Å². The van der Waals surface area contributed by atoms with Crippen molar-refractivity contribution in [3.05, 3.63) is 12.2 Å². The number of hydrogen-bond donors (Lipinski definition) is 0. The predicted molar refractivity (Wildman–Crippen MR) is 43.6 cm³/mol. The van der Waals surface area contributed by atoms with Gasteiger partial charge in [0.05, 0.1) is 0 Å². The van der Waals surface area contributed by atoms with Crippen molar-refractivity contribution in [3.63, 3.8) is 0 Å². The molecule has 0 saturated heterocycles. The molecule has 11 heavy (non-hydrogen) atoms. The molecule has 0 heterocycles. The molecular formula is C8H16NO2+. The minimum absolute atomic E-state index is 0.267. The molecule has 0 atom stereocenters. The smallest absolute Gasteiger partial charge is 0.272 e. The zero-order valence-electron chi connectivity index (χ0n) is 7.63. The first-order valence-corrected chi connectivity index (χ1v) is 3.71. The number of allylic oxidation sites excluding steroid dienone is 1. The van der Waals surface area contributed by atoms with Gasteiger partial charge in [-0.2, -0.15) is 0 Å². The number of nitrogens with zero attached hydrogens (tertiary/aromatic N) is 1. The van der Waals surface area contributed by atoms with Gasteiger partial charge in [0.1, 0.15) is 20.6 Å².